The number of hydrogen-bond acceptors (Lipinski definition) is 4. The summed E-state index contributed by atoms with van der Waals surface area (Å²) in [6, 6.07) is 11.5. The van der Waals surface area contributed by atoms with Crippen LogP contribution in [0.3, 0.4) is 0 Å². The Balaban J connectivity index is 1.91. The van der Waals surface area contributed by atoms with Crippen LogP contribution in [0.1, 0.15) is 10.4 Å². The lowest BCUT2D eigenvalue weighted by Crippen LogP contribution is -1.93. The predicted molar refractivity (Wildman–Crippen MR) is 86.8 cm³/mol. The van der Waals surface area contributed by atoms with Crippen LogP contribution in [0.5, 0.6) is 11.6 Å². The number of benzene rings is 2. The molecule has 0 aliphatic rings. The van der Waals surface area contributed by atoms with Crippen molar-refractivity contribution in [3.05, 3.63) is 53.1 Å². The Morgan fingerprint density at radius 1 is 1.22 bits per heavy atom. The van der Waals surface area contributed by atoms with Crippen molar-refractivity contribution in [1.82, 2.24) is 4.98 Å². The SMILES string of the molecule is COc1ccc(C(=O)N=Nc2c(O)[nH]c3ccc(Cl)cc23)cc1. The van der Waals surface area contributed by atoms with E-state index in [4.69, 9.17) is 16.3 Å². The Kier molecular flexibility index (Phi) is 3.99. The van der Waals surface area contributed by atoms with Crippen LogP contribution in [0.4, 0.5) is 5.69 Å². The standard InChI is InChI=1S/C16H12ClN3O3/c1-23-11-5-2-9(3-6-11)15(21)20-19-14-12-8-10(17)4-7-13(12)18-16(14)22/h2-8,18,22H,1H3. The summed E-state index contributed by atoms with van der Waals surface area (Å²) < 4.78 is 5.03. The number of nitrogens with one attached hydrogen (secondary N) is 1. The van der Waals surface area contributed by atoms with E-state index in [0.29, 0.717) is 27.2 Å². The van der Waals surface area contributed by atoms with Crippen LogP contribution in [-0.4, -0.2) is 23.1 Å². The largest absolute Gasteiger partial charge is 0.497 e. The molecule has 1 amide bonds. The van der Waals surface area contributed by atoms with Crippen molar-refractivity contribution in [3.8, 4) is 11.6 Å². The number of carbonyl (C=O) groups excluding carboxylic acids is 1. The summed E-state index contributed by atoms with van der Waals surface area (Å²) >= 11 is 5.94. The summed E-state index contributed by atoms with van der Waals surface area (Å²) in [6.07, 6.45) is 0. The number of H-pyrrole nitrogens is 1. The first-order valence-corrected chi connectivity index (χ1v) is 7.06. The van der Waals surface area contributed by atoms with Gasteiger partial charge in [0.2, 0.25) is 5.88 Å². The molecule has 3 rings (SSSR count). The number of aromatic hydroxyl groups is 1. The number of fused-ring (bicyclic) bond motifs is 1. The Morgan fingerprint density at radius 3 is 2.65 bits per heavy atom. The highest BCUT2D eigenvalue weighted by atomic mass is 35.5. The molecule has 0 atom stereocenters. The molecule has 0 bridgehead atoms. The second kappa shape index (κ2) is 6.10. The van der Waals surface area contributed by atoms with Crippen LogP contribution in [0.15, 0.2) is 52.7 Å². The Bertz CT molecular complexity index is 901. The highest BCUT2D eigenvalue weighted by molar-refractivity contribution is 6.31. The second-order valence-corrected chi connectivity index (χ2v) is 5.18. The van der Waals surface area contributed by atoms with E-state index in [-0.39, 0.29) is 11.6 Å². The topological polar surface area (TPSA) is 87.0 Å². The van der Waals surface area contributed by atoms with Gasteiger partial charge in [0, 0.05) is 16.0 Å². The molecule has 2 aromatic carbocycles. The van der Waals surface area contributed by atoms with Gasteiger partial charge in [-0.3, -0.25) is 4.79 Å². The zero-order chi connectivity index (χ0) is 16.4. The van der Waals surface area contributed by atoms with E-state index in [0.717, 1.165) is 0 Å². The number of halogens is 1. The van der Waals surface area contributed by atoms with Crippen molar-refractivity contribution < 1.29 is 14.6 Å². The molecule has 116 valence electrons. The van der Waals surface area contributed by atoms with Crippen LogP contribution in [-0.2, 0) is 0 Å². The number of aromatic amines is 1. The van der Waals surface area contributed by atoms with Crippen LogP contribution in [0.2, 0.25) is 5.02 Å². The molecule has 0 unspecified atom stereocenters. The van der Waals surface area contributed by atoms with E-state index in [2.05, 4.69) is 15.2 Å². The number of ether oxygens (including phenoxy) is 1. The molecule has 0 saturated heterocycles. The maximum absolute atomic E-state index is 12.0. The molecule has 7 heteroatoms. The molecule has 3 aromatic rings. The number of aromatic nitrogens is 1. The maximum Gasteiger partial charge on any atom is 0.295 e. The summed E-state index contributed by atoms with van der Waals surface area (Å²) in [7, 11) is 1.54. The first-order chi connectivity index (χ1) is 11.1. The number of rotatable bonds is 3. The number of amides is 1. The van der Waals surface area contributed by atoms with Gasteiger partial charge in [-0.25, -0.2) is 0 Å². The molecular weight excluding hydrogens is 318 g/mol. The molecule has 6 nitrogen and oxygen atoms in total. The van der Waals surface area contributed by atoms with Crippen molar-refractivity contribution >= 4 is 34.1 Å². The smallest absolute Gasteiger partial charge is 0.295 e. The van der Waals surface area contributed by atoms with Gasteiger partial charge in [-0.2, -0.15) is 0 Å². The Hall–Kier alpha value is -2.86. The van der Waals surface area contributed by atoms with Gasteiger partial charge in [0.25, 0.3) is 5.91 Å². The van der Waals surface area contributed by atoms with Gasteiger partial charge in [0.05, 0.1) is 12.6 Å². The van der Waals surface area contributed by atoms with Gasteiger partial charge in [0.15, 0.2) is 5.69 Å². The van der Waals surface area contributed by atoms with E-state index < -0.39 is 5.91 Å². The predicted octanol–water partition coefficient (Wildman–Crippen LogP) is 4.46. The fraction of sp³-hybridized carbons (Fsp3) is 0.0625. The first kappa shape index (κ1) is 15.1. The normalized spacial score (nSPS) is 11.2. The zero-order valence-electron chi connectivity index (χ0n) is 12.1. The minimum Gasteiger partial charge on any atom is -0.497 e. The van der Waals surface area contributed by atoms with Crippen molar-refractivity contribution in [2.24, 2.45) is 10.2 Å². The minimum atomic E-state index is -0.525. The molecule has 1 heterocycles. The zero-order valence-corrected chi connectivity index (χ0v) is 12.8. The van der Waals surface area contributed by atoms with Crippen molar-refractivity contribution in [2.75, 3.05) is 7.11 Å². The van der Waals surface area contributed by atoms with Gasteiger partial charge in [-0.1, -0.05) is 11.6 Å². The van der Waals surface area contributed by atoms with Gasteiger partial charge >= 0.3 is 0 Å². The number of nitrogens with zero attached hydrogens (tertiary/aromatic N) is 2. The van der Waals surface area contributed by atoms with Gasteiger partial charge in [-0.05, 0) is 42.5 Å². The monoisotopic (exact) mass is 329 g/mol. The third-order valence-corrected chi connectivity index (χ3v) is 3.53. The molecular formula is C16H12ClN3O3. The quantitative estimate of drug-likeness (QED) is 0.695. The van der Waals surface area contributed by atoms with Crippen molar-refractivity contribution in [1.29, 1.82) is 0 Å². The molecule has 0 aliphatic heterocycles. The molecule has 2 N–H and O–H groups in total. The van der Waals surface area contributed by atoms with Gasteiger partial charge in [0.1, 0.15) is 5.75 Å². The molecule has 0 aliphatic carbocycles. The van der Waals surface area contributed by atoms with E-state index in [1.165, 1.54) is 0 Å². The third-order valence-electron chi connectivity index (χ3n) is 3.29. The fourth-order valence-electron chi connectivity index (χ4n) is 2.12. The summed E-state index contributed by atoms with van der Waals surface area (Å²) in [5.41, 5.74) is 1.19. The lowest BCUT2D eigenvalue weighted by atomic mass is 10.2. The average Bonchev–Trinajstić information content (AvgIpc) is 2.87. The van der Waals surface area contributed by atoms with Crippen molar-refractivity contribution in [3.63, 3.8) is 0 Å². The second-order valence-electron chi connectivity index (χ2n) is 4.75. The van der Waals surface area contributed by atoms with Crippen LogP contribution >= 0.6 is 11.6 Å². The van der Waals surface area contributed by atoms with E-state index in [1.807, 2.05) is 0 Å². The molecule has 0 radical (unpaired) electrons. The molecule has 1 aromatic heterocycles. The molecule has 0 saturated carbocycles. The first-order valence-electron chi connectivity index (χ1n) is 6.69. The maximum atomic E-state index is 12.0. The van der Waals surface area contributed by atoms with E-state index >= 15 is 0 Å². The molecule has 0 fully saturated rings. The van der Waals surface area contributed by atoms with Gasteiger partial charge < -0.3 is 14.8 Å². The third kappa shape index (κ3) is 3.02. The molecule has 23 heavy (non-hydrogen) atoms. The highest BCUT2D eigenvalue weighted by Gasteiger charge is 2.12. The van der Waals surface area contributed by atoms with Crippen LogP contribution in [0, 0.1) is 0 Å². The van der Waals surface area contributed by atoms with Gasteiger partial charge in [-0.15, -0.1) is 10.2 Å². The highest BCUT2D eigenvalue weighted by Crippen LogP contribution is 2.36. The lowest BCUT2D eigenvalue weighted by Gasteiger charge is -1.99. The minimum absolute atomic E-state index is 0.171. The lowest BCUT2D eigenvalue weighted by molar-refractivity contribution is 0.0995. The number of hydrogen-bond donors (Lipinski definition) is 2. The summed E-state index contributed by atoms with van der Waals surface area (Å²) in [5.74, 6) is -0.0561. The van der Waals surface area contributed by atoms with E-state index in [9.17, 15) is 9.90 Å². The summed E-state index contributed by atoms with van der Waals surface area (Å²) in [5, 5.41) is 18.5. The van der Waals surface area contributed by atoms with Crippen LogP contribution < -0.4 is 4.74 Å². The summed E-state index contributed by atoms with van der Waals surface area (Å²) in [6.45, 7) is 0. The summed E-state index contributed by atoms with van der Waals surface area (Å²) in [4.78, 5) is 14.8. The Labute approximate surface area is 136 Å². The van der Waals surface area contributed by atoms with Crippen LogP contribution in [0.25, 0.3) is 10.9 Å². The fourth-order valence-corrected chi connectivity index (χ4v) is 2.30. The van der Waals surface area contributed by atoms with E-state index in [1.54, 1.807) is 49.6 Å². The Morgan fingerprint density at radius 2 is 1.96 bits per heavy atom. The number of methoxy groups -OCH3 is 1. The number of carbonyl (C=O) groups is 1. The average molecular weight is 330 g/mol. The molecule has 0 spiro atoms. The number of azo groups is 1. The van der Waals surface area contributed by atoms with Crippen molar-refractivity contribution in [2.45, 2.75) is 0 Å².